The number of rotatable bonds is 5. The van der Waals surface area contributed by atoms with Crippen LogP contribution in [0.25, 0.3) is 11.0 Å². The minimum atomic E-state index is -0.284. The molecule has 6 nitrogen and oxygen atoms in total. The van der Waals surface area contributed by atoms with Crippen LogP contribution >= 0.6 is 0 Å². The monoisotopic (exact) mass is 271 g/mol. The quantitative estimate of drug-likeness (QED) is 0.846. The number of nitriles is 1. The molecule has 0 saturated heterocycles. The van der Waals surface area contributed by atoms with Crippen LogP contribution in [0.3, 0.4) is 0 Å². The first-order valence-electron chi connectivity index (χ1n) is 6.80. The summed E-state index contributed by atoms with van der Waals surface area (Å²) in [6.07, 6.45) is 4.42. The van der Waals surface area contributed by atoms with Crippen LogP contribution in [-0.4, -0.2) is 27.6 Å². The Morgan fingerprint density at radius 3 is 3.00 bits per heavy atom. The Labute approximate surface area is 117 Å². The third kappa shape index (κ3) is 3.12. The highest BCUT2D eigenvalue weighted by Crippen LogP contribution is 2.12. The predicted molar refractivity (Wildman–Crippen MR) is 75.2 cm³/mol. The number of carbonyl (C=O) groups excluding carboxylic acids is 1. The molecule has 6 heteroatoms. The molecule has 20 heavy (non-hydrogen) atoms. The van der Waals surface area contributed by atoms with E-state index in [1.54, 1.807) is 18.2 Å². The molecule has 2 rings (SSSR count). The fourth-order valence-electron chi connectivity index (χ4n) is 1.97. The van der Waals surface area contributed by atoms with Gasteiger partial charge in [0, 0.05) is 6.54 Å². The summed E-state index contributed by atoms with van der Waals surface area (Å²) in [6.45, 7) is 2.78. The van der Waals surface area contributed by atoms with Crippen molar-refractivity contribution < 1.29 is 4.79 Å². The Morgan fingerprint density at radius 1 is 1.40 bits per heavy atom. The van der Waals surface area contributed by atoms with Crippen LogP contribution in [0.15, 0.2) is 18.2 Å². The average Bonchev–Trinajstić information content (AvgIpc) is 2.89. The van der Waals surface area contributed by atoms with Gasteiger partial charge in [0.15, 0.2) is 0 Å². The zero-order valence-corrected chi connectivity index (χ0v) is 11.5. The molecule has 0 radical (unpaired) electrons. The lowest BCUT2D eigenvalue weighted by Gasteiger charge is -2.04. The van der Waals surface area contributed by atoms with Crippen molar-refractivity contribution >= 4 is 17.1 Å². The summed E-state index contributed by atoms with van der Waals surface area (Å²) in [5.41, 5.74) is 1.66. The van der Waals surface area contributed by atoms with Crippen molar-refractivity contribution in [1.82, 2.24) is 20.3 Å². The summed E-state index contributed by atoms with van der Waals surface area (Å²) in [6, 6.07) is 6.70. The van der Waals surface area contributed by atoms with E-state index in [-0.39, 0.29) is 6.03 Å². The number of fused-ring (bicyclic) bond motifs is 1. The van der Waals surface area contributed by atoms with Crippen molar-refractivity contribution in [3.8, 4) is 6.07 Å². The van der Waals surface area contributed by atoms with Gasteiger partial charge in [-0.05, 0) is 24.6 Å². The summed E-state index contributed by atoms with van der Waals surface area (Å²) < 4.78 is 1.23. The molecule has 1 amide bonds. The molecular weight excluding hydrogens is 254 g/mol. The fraction of sp³-hybridized carbons (Fsp3) is 0.429. The largest absolute Gasteiger partial charge is 0.344 e. The molecule has 0 aliphatic rings. The van der Waals surface area contributed by atoms with E-state index in [1.807, 2.05) is 6.07 Å². The lowest BCUT2D eigenvalue weighted by Crippen LogP contribution is -2.30. The molecule has 104 valence electrons. The third-order valence-electron chi connectivity index (χ3n) is 3.07. The molecule has 0 unspecified atom stereocenters. The molecule has 1 N–H and O–H groups in total. The number of benzene rings is 1. The molecule has 0 spiro atoms. The second-order valence-corrected chi connectivity index (χ2v) is 4.61. The van der Waals surface area contributed by atoms with Gasteiger partial charge in [-0.1, -0.05) is 31.4 Å². The smallest absolute Gasteiger partial charge is 0.336 e. The molecule has 1 heterocycles. The Morgan fingerprint density at radius 2 is 2.25 bits per heavy atom. The first-order chi connectivity index (χ1) is 9.76. The van der Waals surface area contributed by atoms with Crippen LogP contribution in [-0.2, 0) is 0 Å². The van der Waals surface area contributed by atoms with Gasteiger partial charge in [-0.15, -0.1) is 5.10 Å². The first-order valence-corrected chi connectivity index (χ1v) is 6.80. The molecule has 1 aromatic carbocycles. The predicted octanol–water partition coefficient (Wildman–Crippen LogP) is 2.44. The number of amides is 1. The summed E-state index contributed by atoms with van der Waals surface area (Å²) in [4.78, 5) is 12.0. The first kappa shape index (κ1) is 14.0. The molecule has 1 aromatic heterocycles. The summed E-state index contributed by atoms with van der Waals surface area (Å²) in [7, 11) is 0. The zero-order valence-electron chi connectivity index (χ0n) is 11.5. The Bertz CT molecular complexity index is 641. The van der Waals surface area contributed by atoms with Crippen molar-refractivity contribution in [2.75, 3.05) is 6.54 Å². The van der Waals surface area contributed by atoms with E-state index >= 15 is 0 Å². The second kappa shape index (κ2) is 6.66. The number of nitrogens with one attached hydrogen (secondary N) is 1. The van der Waals surface area contributed by atoms with Crippen LogP contribution in [0.5, 0.6) is 0 Å². The highest BCUT2D eigenvalue weighted by Gasteiger charge is 2.11. The number of nitrogens with zero attached hydrogens (tertiary/aromatic N) is 4. The zero-order chi connectivity index (χ0) is 14.4. The number of hydrogen-bond acceptors (Lipinski definition) is 4. The van der Waals surface area contributed by atoms with Gasteiger partial charge in [0.25, 0.3) is 0 Å². The number of hydrogen-bond donors (Lipinski definition) is 1. The van der Waals surface area contributed by atoms with Gasteiger partial charge in [-0.2, -0.15) is 9.94 Å². The summed E-state index contributed by atoms with van der Waals surface area (Å²) in [5.74, 6) is 0. The Hall–Kier alpha value is -2.42. The van der Waals surface area contributed by atoms with Gasteiger partial charge in [0.2, 0.25) is 0 Å². The molecular formula is C14H17N5O. The van der Waals surface area contributed by atoms with Crippen LogP contribution in [0, 0.1) is 11.3 Å². The van der Waals surface area contributed by atoms with Gasteiger partial charge in [-0.3, -0.25) is 0 Å². The Kier molecular flexibility index (Phi) is 4.66. The van der Waals surface area contributed by atoms with E-state index in [9.17, 15) is 4.79 Å². The van der Waals surface area contributed by atoms with Crippen molar-refractivity contribution in [3.63, 3.8) is 0 Å². The van der Waals surface area contributed by atoms with Crippen LogP contribution in [0.4, 0.5) is 4.79 Å². The number of aromatic nitrogens is 3. The van der Waals surface area contributed by atoms with Gasteiger partial charge in [-0.25, -0.2) is 4.79 Å². The topological polar surface area (TPSA) is 83.6 Å². The minimum Gasteiger partial charge on any atom is -0.336 e. The molecule has 0 bridgehead atoms. The number of carbonyl (C=O) groups is 1. The van der Waals surface area contributed by atoms with Gasteiger partial charge >= 0.3 is 6.03 Å². The van der Waals surface area contributed by atoms with Gasteiger partial charge in [0.05, 0.1) is 17.1 Å². The Balaban J connectivity index is 2.02. The minimum absolute atomic E-state index is 0.284. The summed E-state index contributed by atoms with van der Waals surface area (Å²) >= 11 is 0. The van der Waals surface area contributed by atoms with E-state index in [0.29, 0.717) is 23.1 Å². The second-order valence-electron chi connectivity index (χ2n) is 4.61. The van der Waals surface area contributed by atoms with E-state index in [1.165, 1.54) is 17.5 Å². The van der Waals surface area contributed by atoms with Crippen LogP contribution < -0.4 is 5.32 Å². The lowest BCUT2D eigenvalue weighted by atomic mass is 10.2. The molecule has 0 aliphatic carbocycles. The van der Waals surface area contributed by atoms with Crippen molar-refractivity contribution in [1.29, 1.82) is 5.26 Å². The molecule has 2 aromatic rings. The van der Waals surface area contributed by atoms with E-state index in [2.05, 4.69) is 22.6 Å². The van der Waals surface area contributed by atoms with E-state index in [4.69, 9.17) is 5.26 Å². The number of unbranched alkanes of at least 4 members (excludes halogenated alkanes) is 3. The molecule has 0 atom stereocenters. The molecule has 0 aliphatic heterocycles. The SMILES string of the molecule is CCCCCCNC(=O)n1nnc2cc(C#N)ccc21. The normalized spacial score (nSPS) is 10.4. The third-order valence-corrected chi connectivity index (χ3v) is 3.07. The van der Waals surface area contributed by atoms with Crippen molar-refractivity contribution in [2.45, 2.75) is 32.6 Å². The van der Waals surface area contributed by atoms with E-state index in [0.717, 1.165) is 12.8 Å². The highest BCUT2D eigenvalue weighted by molar-refractivity contribution is 5.88. The van der Waals surface area contributed by atoms with Crippen molar-refractivity contribution in [3.05, 3.63) is 23.8 Å². The van der Waals surface area contributed by atoms with Crippen LogP contribution in [0.1, 0.15) is 38.2 Å². The highest BCUT2D eigenvalue weighted by atomic mass is 16.2. The molecule has 0 fully saturated rings. The fourth-order valence-corrected chi connectivity index (χ4v) is 1.97. The lowest BCUT2D eigenvalue weighted by molar-refractivity contribution is 0.239. The van der Waals surface area contributed by atoms with Gasteiger partial charge < -0.3 is 5.32 Å². The maximum Gasteiger partial charge on any atom is 0.344 e. The van der Waals surface area contributed by atoms with Gasteiger partial charge in [0.1, 0.15) is 5.52 Å². The van der Waals surface area contributed by atoms with Crippen molar-refractivity contribution in [2.24, 2.45) is 0 Å². The molecule has 0 saturated carbocycles. The van der Waals surface area contributed by atoms with E-state index < -0.39 is 0 Å². The van der Waals surface area contributed by atoms with Crippen LogP contribution in [0.2, 0.25) is 0 Å². The standard InChI is InChI=1S/C14H17N5O/c1-2-3-4-5-8-16-14(20)19-13-7-6-11(10-15)9-12(13)17-18-19/h6-7,9H,2-5,8H2,1H3,(H,16,20). The maximum atomic E-state index is 12.0. The summed E-state index contributed by atoms with van der Waals surface area (Å²) in [5, 5.41) is 19.4. The average molecular weight is 271 g/mol. The maximum absolute atomic E-state index is 12.0.